The topological polar surface area (TPSA) is 93.2 Å². The van der Waals surface area contributed by atoms with Gasteiger partial charge in [0.1, 0.15) is 5.75 Å². The van der Waals surface area contributed by atoms with Crippen LogP contribution >= 0.6 is 0 Å². The Morgan fingerprint density at radius 2 is 1.03 bits per heavy atom. The highest BCUT2D eigenvalue weighted by molar-refractivity contribution is 6.51. The summed E-state index contributed by atoms with van der Waals surface area (Å²) in [4.78, 5) is 57.1. The van der Waals surface area contributed by atoms with Crippen molar-refractivity contribution in [2.75, 3.05) is 43.1 Å². The van der Waals surface area contributed by atoms with E-state index < -0.39 is 23.5 Å². The number of hydrogen-bond donors (Lipinski definition) is 0. The van der Waals surface area contributed by atoms with Crippen molar-refractivity contribution in [2.45, 2.75) is 27.7 Å². The maximum Gasteiger partial charge on any atom is 0.344 e. The Hall–Kier alpha value is -4.46. The third-order valence-corrected chi connectivity index (χ3v) is 6.54. The van der Waals surface area contributed by atoms with Gasteiger partial charge in [0, 0.05) is 48.7 Å². The molecule has 8 nitrogen and oxygen atoms in total. The number of anilines is 2. The van der Waals surface area contributed by atoms with Crippen LogP contribution in [0.4, 0.5) is 11.4 Å². The van der Waals surface area contributed by atoms with Gasteiger partial charge < -0.3 is 19.3 Å². The molecule has 0 radical (unpaired) electrons. The summed E-state index contributed by atoms with van der Waals surface area (Å²) in [5, 5.41) is 0. The SMILES string of the molecule is CCN(CC)c1ccc(C(=O)C(=O)c2ccc(N(CC)CC)cc2C(=O)Oc2ccccc2)c(C(=O)OC)c1. The first-order valence-electron chi connectivity index (χ1n) is 13.0. The molecule has 0 heterocycles. The van der Waals surface area contributed by atoms with E-state index in [-0.39, 0.29) is 22.3 Å². The monoisotopic (exact) mass is 530 g/mol. The number of carbonyl (C=O) groups is 4. The highest BCUT2D eigenvalue weighted by Gasteiger charge is 2.29. The summed E-state index contributed by atoms with van der Waals surface area (Å²) in [6.07, 6.45) is 0. The number of esters is 2. The zero-order valence-corrected chi connectivity index (χ0v) is 23.0. The van der Waals surface area contributed by atoms with E-state index in [1.54, 1.807) is 54.6 Å². The predicted octanol–water partition coefficient (Wildman–Crippen LogP) is 5.45. The third-order valence-electron chi connectivity index (χ3n) is 6.54. The highest BCUT2D eigenvalue weighted by Crippen LogP contribution is 2.26. The molecule has 39 heavy (non-hydrogen) atoms. The Bertz CT molecular complexity index is 1340. The van der Waals surface area contributed by atoms with Gasteiger partial charge in [-0.05, 0) is 76.2 Å². The summed E-state index contributed by atoms with van der Waals surface area (Å²) in [6.45, 7) is 10.6. The van der Waals surface area contributed by atoms with Crippen LogP contribution in [0.1, 0.15) is 69.1 Å². The molecule has 0 aliphatic heterocycles. The average Bonchev–Trinajstić information content (AvgIpc) is 2.97. The second kappa shape index (κ2) is 13.4. The summed E-state index contributed by atoms with van der Waals surface area (Å²) in [5.74, 6) is -3.05. The fourth-order valence-electron chi connectivity index (χ4n) is 4.37. The Kier molecular flexibility index (Phi) is 9.98. The maximum atomic E-state index is 13.6. The molecule has 0 aliphatic rings. The summed E-state index contributed by atoms with van der Waals surface area (Å²) in [7, 11) is 1.21. The van der Waals surface area contributed by atoms with Crippen molar-refractivity contribution in [2.24, 2.45) is 0 Å². The Morgan fingerprint density at radius 3 is 1.44 bits per heavy atom. The lowest BCUT2D eigenvalue weighted by Crippen LogP contribution is -2.26. The fraction of sp³-hybridized carbons (Fsp3) is 0.290. The molecule has 0 N–H and O–H groups in total. The number of methoxy groups -OCH3 is 1. The van der Waals surface area contributed by atoms with Crippen molar-refractivity contribution in [3.05, 3.63) is 89.0 Å². The summed E-state index contributed by atoms with van der Waals surface area (Å²) >= 11 is 0. The molecule has 0 bridgehead atoms. The molecule has 0 aromatic heterocycles. The smallest absolute Gasteiger partial charge is 0.344 e. The van der Waals surface area contributed by atoms with Gasteiger partial charge in [-0.25, -0.2) is 9.59 Å². The molecule has 3 aromatic rings. The van der Waals surface area contributed by atoms with Crippen LogP contribution in [-0.2, 0) is 4.74 Å². The lowest BCUT2D eigenvalue weighted by molar-refractivity contribution is 0.0596. The molecule has 3 aromatic carbocycles. The molecule has 0 aliphatic carbocycles. The molecule has 0 unspecified atom stereocenters. The lowest BCUT2D eigenvalue weighted by Gasteiger charge is -2.23. The minimum atomic E-state index is -0.929. The summed E-state index contributed by atoms with van der Waals surface area (Å²) < 4.78 is 10.4. The first kappa shape index (κ1) is 29.1. The van der Waals surface area contributed by atoms with Crippen LogP contribution in [0, 0.1) is 0 Å². The van der Waals surface area contributed by atoms with Gasteiger partial charge in [0.2, 0.25) is 11.6 Å². The number of hydrogen-bond acceptors (Lipinski definition) is 8. The zero-order valence-electron chi connectivity index (χ0n) is 23.0. The van der Waals surface area contributed by atoms with Gasteiger partial charge in [-0.3, -0.25) is 9.59 Å². The Balaban J connectivity index is 2.09. The number of Topliss-reactive ketones (excluding diaryl/α,β-unsaturated/α-hetero) is 2. The molecule has 0 atom stereocenters. The largest absolute Gasteiger partial charge is 0.465 e. The number of nitrogens with zero attached hydrogens (tertiary/aromatic N) is 2. The molecular formula is C31H34N2O6. The van der Waals surface area contributed by atoms with Gasteiger partial charge in [-0.1, -0.05) is 18.2 Å². The van der Waals surface area contributed by atoms with Gasteiger partial charge in [0.25, 0.3) is 0 Å². The molecular weight excluding hydrogens is 496 g/mol. The van der Waals surface area contributed by atoms with Crippen LogP contribution < -0.4 is 14.5 Å². The lowest BCUT2D eigenvalue weighted by atomic mass is 9.93. The quantitative estimate of drug-likeness (QED) is 0.132. The van der Waals surface area contributed by atoms with Crippen LogP contribution in [0.15, 0.2) is 66.7 Å². The maximum absolute atomic E-state index is 13.6. The third kappa shape index (κ3) is 6.52. The van der Waals surface area contributed by atoms with E-state index >= 15 is 0 Å². The van der Waals surface area contributed by atoms with Gasteiger partial charge in [0.15, 0.2) is 0 Å². The number of carbonyl (C=O) groups excluding carboxylic acids is 4. The molecule has 0 saturated carbocycles. The van der Waals surface area contributed by atoms with Gasteiger partial charge in [0.05, 0.1) is 18.2 Å². The van der Waals surface area contributed by atoms with Crippen molar-refractivity contribution in [1.29, 1.82) is 0 Å². The van der Waals surface area contributed by atoms with E-state index in [1.807, 2.05) is 37.5 Å². The summed E-state index contributed by atoms with van der Waals surface area (Å²) in [6, 6.07) is 17.9. The molecule has 204 valence electrons. The van der Waals surface area contributed by atoms with Crippen LogP contribution in [0.5, 0.6) is 5.75 Å². The van der Waals surface area contributed by atoms with Gasteiger partial charge >= 0.3 is 11.9 Å². The summed E-state index contributed by atoms with van der Waals surface area (Å²) in [5.41, 5.74) is 1.16. The van der Waals surface area contributed by atoms with Crippen LogP contribution in [0.25, 0.3) is 0 Å². The molecule has 0 fully saturated rings. The van der Waals surface area contributed by atoms with E-state index in [2.05, 4.69) is 0 Å². The normalized spacial score (nSPS) is 10.5. The fourth-order valence-corrected chi connectivity index (χ4v) is 4.37. The van der Waals surface area contributed by atoms with Crippen molar-refractivity contribution < 1.29 is 28.7 Å². The van der Waals surface area contributed by atoms with Crippen molar-refractivity contribution >= 4 is 34.9 Å². The van der Waals surface area contributed by atoms with Crippen molar-refractivity contribution in [3.63, 3.8) is 0 Å². The van der Waals surface area contributed by atoms with Gasteiger partial charge in [-0.2, -0.15) is 0 Å². The molecule has 3 rings (SSSR count). The van der Waals surface area contributed by atoms with Crippen LogP contribution in [0.3, 0.4) is 0 Å². The van der Waals surface area contributed by atoms with E-state index in [9.17, 15) is 19.2 Å². The van der Waals surface area contributed by atoms with Crippen LogP contribution in [0.2, 0.25) is 0 Å². The number of benzene rings is 3. The van der Waals surface area contributed by atoms with Crippen molar-refractivity contribution in [3.8, 4) is 5.75 Å². The molecule has 0 amide bonds. The van der Waals surface area contributed by atoms with E-state index in [0.29, 0.717) is 37.6 Å². The molecule has 0 spiro atoms. The Morgan fingerprint density at radius 1 is 0.590 bits per heavy atom. The van der Waals surface area contributed by atoms with Crippen molar-refractivity contribution in [1.82, 2.24) is 0 Å². The number of para-hydroxylation sites is 1. The second-order valence-corrected chi connectivity index (χ2v) is 8.66. The van der Waals surface area contributed by atoms with E-state index in [4.69, 9.17) is 9.47 Å². The van der Waals surface area contributed by atoms with Crippen LogP contribution in [-0.4, -0.2) is 56.8 Å². The average molecular weight is 531 g/mol. The number of ether oxygens (including phenoxy) is 2. The first-order valence-corrected chi connectivity index (χ1v) is 13.0. The highest BCUT2D eigenvalue weighted by atomic mass is 16.5. The predicted molar refractivity (Wildman–Crippen MR) is 151 cm³/mol. The first-order chi connectivity index (χ1) is 18.8. The number of rotatable bonds is 12. The van der Waals surface area contributed by atoms with E-state index in [1.165, 1.54) is 19.2 Å². The Labute approximate surface area is 229 Å². The number of ketones is 2. The van der Waals surface area contributed by atoms with Gasteiger partial charge in [-0.15, -0.1) is 0 Å². The second-order valence-electron chi connectivity index (χ2n) is 8.66. The van der Waals surface area contributed by atoms with E-state index in [0.717, 1.165) is 5.69 Å². The standard InChI is InChI=1S/C31H34N2O6/c1-6-32(7-2)21-15-17-24(26(19-21)30(36)38-5)28(34)29(35)25-18-16-22(33(8-3)9-4)20-27(25)31(37)39-23-13-11-10-12-14-23/h10-20H,6-9H2,1-5H3. The zero-order chi connectivity index (χ0) is 28.5. The minimum Gasteiger partial charge on any atom is -0.465 e. The molecule has 0 saturated heterocycles. The molecule has 8 heteroatoms. The minimum absolute atomic E-state index is 0.0200.